The number of nitrogens with one attached hydrogen (secondary N) is 2. The van der Waals surface area contributed by atoms with Crippen LogP contribution in [0, 0.1) is 5.41 Å². The molecule has 6 rings (SSSR count). The molecule has 0 radical (unpaired) electrons. The summed E-state index contributed by atoms with van der Waals surface area (Å²) in [5, 5.41) is 10.1. The number of halogens is 5. The molecule has 0 unspecified atom stereocenters. The number of amides is 2. The van der Waals surface area contributed by atoms with Gasteiger partial charge in [0.05, 0.1) is 34.1 Å². The van der Waals surface area contributed by atoms with Crippen LogP contribution < -0.4 is 10.6 Å². The summed E-state index contributed by atoms with van der Waals surface area (Å²) in [6, 6.07) is 4.62. The predicted octanol–water partition coefficient (Wildman–Crippen LogP) is 5.57. The molecule has 2 amide bonds. The fraction of sp³-hybridized carbons (Fsp3) is 0.500. The maximum absolute atomic E-state index is 13.7. The largest absolute Gasteiger partial charge is 0.435 e. The minimum Gasteiger partial charge on any atom is -0.339 e. The van der Waals surface area contributed by atoms with Gasteiger partial charge in [0.15, 0.2) is 11.5 Å². The van der Waals surface area contributed by atoms with Crippen LogP contribution in [0.4, 0.5) is 18.9 Å². The van der Waals surface area contributed by atoms with E-state index < -0.39 is 17.8 Å². The number of hydrogen-bond donors (Lipinski definition) is 2. The van der Waals surface area contributed by atoms with Gasteiger partial charge in [0.25, 0.3) is 11.8 Å². The summed E-state index contributed by atoms with van der Waals surface area (Å²) >= 11 is 6.48. The van der Waals surface area contributed by atoms with E-state index in [9.17, 15) is 22.8 Å². The number of carbonyl (C=O) groups is 2. The van der Waals surface area contributed by atoms with Crippen LogP contribution in [0.1, 0.15) is 71.2 Å². The van der Waals surface area contributed by atoms with E-state index in [0.717, 1.165) is 51.6 Å². The van der Waals surface area contributed by atoms with Crippen molar-refractivity contribution in [3.63, 3.8) is 0 Å². The van der Waals surface area contributed by atoms with Crippen molar-refractivity contribution < 1.29 is 22.8 Å². The Morgan fingerprint density at radius 1 is 1.12 bits per heavy atom. The van der Waals surface area contributed by atoms with Crippen molar-refractivity contribution in [2.75, 3.05) is 31.5 Å². The molecule has 226 valence electrons. The standard InChI is InChI=1S/C28H31ClF3N7O2.ClH/c1-37-22(20-16-39(18-3-4-18)36-23(20)28(30,31)32)15-34-24(37)25(40)35-17-2-5-19(21(29)14-17)26(41)38-12-8-27(9-13-38)6-10-33-11-7-27;/h2,5,14-16,18,33H,3-4,6-13H2,1H3,(H,35,40);1H. The highest BCUT2D eigenvalue weighted by Gasteiger charge is 2.40. The third-order valence-electron chi connectivity index (χ3n) is 8.62. The first-order valence-corrected chi connectivity index (χ1v) is 14.2. The predicted molar refractivity (Wildman–Crippen MR) is 154 cm³/mol. The second-order valence-electron chi connectivity index (χ2n) is 11.3. The van der Waals surface area contributed by atoms with Crippen LogP contribution in [0.5, 0.6) is 0 Å². The van der Waals surface area contributed by atoms with Crippen LogP contribution in [0.25, 0.3) is 11.3 Å². The Labute approximate surface area is 252 Å². The summed E-state index contributed by atoms with van der Waals surface area (Å²) in [5.41, 5.74) is 0.000377. The zero-order chi connectivity index (χ0) is 28.9. The molecule has 2 aromatic heterocycles. The lowest BCUT2D eigenvalue weighted by Gasteiger charge is -2.44. The molecular formula is C28H32Cl2F3N7O2. The fourth-order valence-corrected chi connectivity index (χ4v) is 6.21. The van der Waals surface area contributed by atoms with E-state index >= 15 is 0 Å². The van der Waals surface area contributed by atoms with Crippen molar-refractivity contribution in [3.05, 3.63) is 52.7 Å². The molecule has 4 heterocycles. The summed E-state index contributed by atoms with van der Waals surface area (Å²) in [7, 11) is 1.48. The van der Waals surface area contributed by atoms with Gasteiger partial charge in [-0.05, 0) is 75.2 Å². The van der Waals surface area contributed by atoms with Gasteiger partial charge in [-0.1, -0.05) is 11.6 Å². The number of piperidine rings is 2. The van der Waals surface area contributed by atoms with E-state index in [0.29, 0.717) is 29.8 Å². The zero-order valence-corrected chi connectivity index (χ0v) is 24.6. The lowest BCUT2D eigenvalue weighted by molar-refractivity contribution is -0.141. The molecule has 0 atom stereocenters. The Bertz CT molecular complexity index is 1480. The molecule has 2 saturated heterocycles. The van der Waals surface area contributed by atoms with Crippen LogP contribution >= 0.6 is 24.0 Å². The number of anilines is 1. The smallest absolute Gasteiger partial charge is 0.339 e. The SMILES string of the molecule is Cl.Cn1c(-c2cn(C3CC3)nc2C(F)(F)F)cnc1C(=O)Nc1ccc(C(=O)N2CCC3(CCNCC3)CC2)c(Cl)c1. The zero-order valence-electron chi connectivity index (χ0n) is 23.0. The molecule has 2 N–H and O–H groups in total. The highest BCUT2D eigenvalue weighted by Crippen LogP contribution is 2.42. The third-order valence-corrected chi connectivity index (χ3v) is 8.93. The maximum Gasteiger partial charge on any atom is 0.435 e. The Kier molecular flexibility index (Phi) is 8.34. The minimum atomic E-state index is -4.65. The van der Waals surface area contributed by atoms with E-state index in [4.69, 9.17) is 11.6 Å². The van der Waals surface area contributed by atoms with Gasteiger partial charge in [-0.2, -0.15) is 18.3 Å². The van der Waals surface area contributed by atoms with Crippen molar-refractivity contribution >= 4 is 41.5 Å². The Morgan fingerprint density at radius 3 is 2.43 bits per heavy atom. The number of benzene rings is 1. The molecular weight excluding hydrogens is 594 g/mol. The van der Waals surface area contributed by atoms with Crippen LogP contribution in [-0.4, -0.2) is 62.2 Å². The van der Waals surface area contributed by atoms with Gasteiger partial charge in [0.2, 0.25) is 0 Å². The van der Waals surface area contributed by atoms with Gasteiger partial charge in [-0.15, -0.1) is 12.4 Å². The van der Waals surface area contributed by atoms with Crippen molar-refractivity contribution in [2.45, 2.75) is 50.7 Å². The Hall–Kier alpha value is -3.09. The molecule has 0 bridgehead atoms. The second kappa shape index (κ2) is 11.5. The van der Waals surface area contributed by atoms with E-state index in [2.05, 4.69) is 20.7 Å². The number of hydrogen-bond acceptors (Lipinski definition) is 5. The first kappa shape index (κ1) is 30.4. The first-order valence-electron chi connectivity index (χ1n) is 13.8. The average molecular weight is 627 g/mol. The van der Waals surface area contributed by atoms with Gasteiger partial charge in [0.1, 0.15) is 0 Å². The summed E-state index contributed by atoms with van der Waals surface area (Å²) in [6.07, 6.45) is 3.73. The lowest BCUT2D eigenvalue weighted by Crippen LogP contribution is -2.47. The normalized spacial score (nSPS) is 18.5. The topological polar surface area (TPSA) is 97.1 Å². The average Bonchev–Trinajstić information content (AvgIpc) is 3.56. The summed E-state index contributed by atoms with van der Waals surface area (Å²) in [4.78, 5) is 32.2. The van der Waals surface area contributed by atoms with Crippen molar-refractivity contribution in [3.8, 4) is 11.3 Å². The van der Waals surface area contributed by atoms with Gasteiger partial charge >= 0.3 is 6.18 Å². The van der Waals surface area contributed by atoms with Gasteiger partial charge < -0.3 is 20.1 Å². The van der Waals surface area contributed by atoms with E-state index in [1.165, 1.54) is 34.8 Å². The van der Waals surface area contributed by atoms with Crippen LogP contribution in [0.2, 0.25) is 5.02 Å². The minimum absolute atomic E-state index is 0. The summed E-state index contributed by atoms with van der Waals surface area (Å²) in [6.45, 7) is 3.41. The molecule has 3 fully saturated rings. The quantitative estimate of drug-likeness (QED) is 0.386. The molecule has 1 spiro atoms. The second-order valence-corrected chi connectivity index (χ2v) is 11.7. The number of nitrogens with zero attached hydrogens (tertiary/aromatic N) is 5. The highest BCUT2D eigenvalue weighted by atomic mass is 35.5. The fourth-order valence-electron chi connectivity index (χ4n) is 5.95. The Morgan fingerprint density at radius 2 is 1.81 bits per heavy atom. The Balaban J connectivity index is 0.00000353. The van der Waals surface area contributed by atoms with Crippen LogP contribution in [-0.2, 0) is 13.2 Å². The molecule has 2 aliphatic heterocycles. The van der Waals surface area contributed by atoms with Crippen LogP contribution in [0.15, 0.2) is 30.6 Å². The van der Waals surface area contributed by atoms with Gasteiger partial charge in [0, 0.05) is 32.0 Å². The molecule has 3 aromatic rings. The molecule has 1 aliphatic carbocycles. The molecule has 42 heavy (non-hydrogen) atoms. The monoisotopic (exact) mass is 625 g/mol. The van der Waals surface area contributed by atoms with Gasteiger partial charge in [-0.3, -0.25) is 14.3 Å². The highest BCUT2D eigenvalue weighted by molar-refractivity contribution is 6.34. The number of aromatic nitrogens is 4. The number of imidazole rings is 1. The molecule has 1 saturated carbocycles. The number of rotatable bonds is 5. The number of carbonyl (C=O) groups excluding carboxylic acids is 2. The van der Waals surface area contributed by atoms with Crippen molar-refractivity contribution in [1.29, 1.82) is 0 Å². The van der Waals surface area contributed by atoms with Gasteiger partial charge in [-0.25, -0.2) is 4.98 Å². The van der Waals surface area contributed by atoms with Crippen LogP contribution in [0.3, 0.4) is 0 Å². The maximum atomic E-state index is 13.7. The first-order chi connectivity index (χ1) is 19.5. The van der Waals surface area contributed by atoms with E-state index in [-0.39, 0.29) is 46.5 Å². The van der Waals surface area contributed by atoms with E-state index in [1.54, 1.807) is 12.1 Å². The molecule has 3 aliphatic rings. The third kappa shape index (κ3) is 5.89. The van der Waals surface area contributed by atoms with Crippen molar-refractivity contribution in [1.82, 2.24) is 29.5 Å². The summed E-state index contributed by atoms with van der Waals surface area (Å²) in [5.74, 6) is -0.846. The lowest BCUT2D eigenvalue weighted by atomic mass is 9.71. The molecule has 14 heteroatoms. The number of likely N-dealkylation sites (tertiary alicyclic amines) is 1. The molecule has 1 aromatic carbocycles. The summed E-state index contributed by atoms with van der Waals surface area (Å²) < 4.78 is 43.8. The molecule has 9 nitrogen and oxygen atoms in total. The van der Waals surface area contributed by atoms with Crippen molar-refractivity contribution in [2.24, 2.45) is 12.5 Å². The number of alkyl halides is 3. The van der Waals surface area contributed by atoms with E-state index in [1.807, 2.05) is 4.90 Å².